The number of carbonyl (C=O) groups is 2. The summed E-state index contributed by atoms with van der Waals surface area (Å²) in [6.07, 6.45) is 0.220. The van der Waals surface area contributed by atoms with Crippen molar-refractivity contribution in [1.82, 2.24) is 9.80 Å². The summed E-state index contributed by atoms with van der Waals surface area (Å²) in [6.45, 7) is 0.592. The van der Waals surface area contributed by atoms with Crippen molar-refractivity contribution in [1.29, 1.82) is 0 Å². The molecule has 1 aliphatic heterocycles. The van der Waals surface area contributed by atoms with Crippen LogP contribution in [0.1, 0.15) is 15.9 Å². The molecule has 2 aromatic rings. The first-order valence-electron chi connectivity index (χ1n) is 8.32. The van der Waals surface area contributed by atoms with E-state index in [2.05, 4.69) is 0 Å². The molecule has 0 aromatic heterocycles. The fourth-order valence-corrected chi connectivity index (χ4v) is 2.94. The second-order valence-corrected chi connectivity index (χ2v) is 6.18. The molecule has 0 N–H and O–H groups in total. The van der Waals surface area contributed by atoms with Crippen LogP contribution in [0.2, 0.25) is 0 Å². The summed E-state index contributed by atoms with van der Waals surface area (Å²) in [5.41, 5.74) is -0.00389. The molecule has 8 heteroatoms. The van der Waals surface area contributed by atoms with Gasteiger partial charge in [0.1, 0.15) is 0 Å². The van der Waals surface area contributed by atoms with E-state index in [4.69, 9.17) is 0 Å². The normalized spacial score (nSPS) is 14.4. The van der Waals surface area contributed by atoms with Crippen molar-refractivity contribution in [3.05, 3.63) is 70.8 Å². The van der Waals surface area contributed by atoms with E-state index in [0.717, 1.165) is 5.56 Å². The number of amides is 2. The van der Waals surface area contributed by atoms with Crippen LogP contribution in [-0.2, 0) is 11.2 Å². The van der Waals surface area contributed by atoms with Crippen LogP contribution in [-0.4, -0.2) is 47.8 Å². The summed E-state index contributed by atoms with van der Waals surface area (Å²) in [4.78, 5) is 27.4. The van der Waals surface area contributed by atoms with Crippen LogP contribution < -0.4 is 0 Å². The number of piperazine rings is 1. The summed E-state index contributed by atoms with van der Waals surface area (Å²) < 4.78 is 53.5. The largest absolute Gasteiger partial charge is 0.339 e. The van der Waals surface area contributed by atoms with E-state index in [0.29, 0.717) is 6.07 Å². The third kappa shape index (κ3) is 3.94. The quantitative estimate of drug-likeness (QED) is 0.467. The van der Waals surface area contributed by atoms with Crippen molar-refractivity contribution in [2.75, 3.05) is 26.2 Å². The van der Waals surface area contributed by atoms with E-state index in [1.54, 1.807) is 4.90 Å². The lowest BCUT2D eigenvalue weighted by atomic mass is 10.1. The summed E-state index contributed by atoms with van der Waals surface area (Å²) >= 11 is 0. The van der Waals surface area contributed by atoms with Crippen molar-refractivity contribution in [3.8, 4) is 0 Å². The fraction of sp³-hybridized carbons (Fsp3) is 0.263. The predicted octanol–water partition coefficient (Wildman–Crippen LogP) is 2.77. The minimum Gasteiger partial charge on any atom is -0.339 e. The van der Waals surface area contributed by atoms with Crippen LogP contribution in [0, 0.1) is 23.3 Å². The molecule has 0 saturated carbocycles. The van der Waals surface area contributed by atoms with Gasteiger partial charge in [-0.15, -0.1) is 0 Å². The van der Waals surface area contributed by atoms with Gasteiger partial charge in [-0.1, -0.05) is 30.3 Å². The molecule has 0 atom stereocenters. The van der Waals surface area contributed by atoms with Gasteiger partial charge in [0.05, 0.1) is 12.0 Å². The van der Waals surface area contributed by atoms with Crippen molar-refractivity contribution >= 4 is 11.8 Å². The smallest absolute Gasteiger partial charge is 0.257 e. The number of benzene rings is 2. The lowest BCUT2D eigenvalue weighted by Gasteiger charge is -2.35. The first kappa shape index (κ1) is 18.9. The topological polar surface area (TPSA) is 40.6 Å². The average molecular weight is 380 g/mol. The summed E-state index contributed by atoms with van der Waals surface area (Å²) in [5, 5.41) is 0. The SMILES string of the molecule is O=C(Cc1ccccc1)N1CCN(C(=O)c2cc(F)c(F)c(F)c2F)CC1. The van der Waals surface area contributed by atoms with E-state index in [9.17, 15) is 27.2 Å². The van der Waals surface area contributed by atoms with E-state index in [1.807, 2.05) is 30.3 Å². The van der Waals surface area contributed by atoms with Gasteiger partial charge in [0.15, 0.2) is 23.3 Å². The molecule has 27 heavy (non-hydrogen) atoms. The summed E-state index contributed by atoms with van der Waals surface area (Å²) in [7, 11) is 0. The number of nitrogens with zero attached hydrogens (tertiary/aromatic N) is 2. The monoisotopic (exact) mass is 380 g/mol. The van der Waals surface area contributed by atoms with Gasteiger partial charge in [-0.05, 0) is 11.6 Å². The van der Waals surface area contributed by atoms with Gasteiger partial charge in [-0.25, -0.2) is 17.6 Å². The van der Waals surface area contributed by atoms with Gasteiger partial charge in [0.2, 0.25) is 5.91 Å². The molecule has 0 radical (unpaired) electrons. The third-order valence-corrected chi connectivity index (χ3v) is 4.45. The second-order valence-electron chi connectivity index (χ2n) is 6.18. The van der Waals surface area contributed by atoms with Gasteiger partial charge in [0.25, 0.3) is 5.91 Å². The molecule has 0 bridgehead atoms. The van der Waals surface area contributed by atoms with Gasteiger partial charge < -0.3 is 9.80 Å². The number of hydrogen-bond donors (Lipinski definition) is 0. The molecule has 2 aromatic carbocycles. The number of halogens is 4. The zero-order valence-corrected chi connectivity index (χ0v) is 14.2. The highest BCUT2D eigenvalue weighted by atomic mass is 19.2. The standard InChI is InChI=1S/C19H16F4N2O2/c20-14-11-13(16(21)18(23)17(14)22)19(27)25-8-6-24(7-9-25)15(26)10-12-4-2-1-3-5-12/h1-5,11H,6-10H2. The lowest BCUT2D eigenvalue weighted by molar-refractivity contribution is -0.131. The van der Waals surface area contributed by atoms with Crippen LogP contribution >= 0.6 is 0 Å². The van der Waals surface area contributed by atoms with Gasteiger partial charge >= 0.3 is 0 Å². The molecule has 0 spiro atoms. The van der Waals surface area contributed by atoms with Crippen molar-refractivity contribution in [2.45, 2.75) is 6.42 Å². The molecule has 0 aliphatic carbocycles. The highest BCUT2D eigenvalue weighted by Crippen LogP contribution is 2.21. The second kappa shape index (κ2) is 7.77. The van der Waals surface area contributed by atoms with Crippen LogP contribution in [0.3, 0.4) is 0 Å². The maximum Gasteiger partial charge on any atom is 0.257 e. The Morgan fingerprint density at radius 2 is 1.41 bits per heavy atom. The molecule has 2 amide bonds. The van der Waals surface area contributed by atoms with Crippen LogP contribution in [0.4, 0.5) is 17.6 Å². The molecule has 1 heterocycles. The van der Waals surface area contributed by atoms with Crippen LogP contribution in [0.15, 0.2) is 36.4 Å². The Balaban J connectivity index is 1.64. The minimum atomic E-state index is -2.02. The maximum atomic E-state index is 13.8. The molecule has 1 aliphatic rings. The van der Waals surface area contributed by atoms with Gasteiger partial charge in [-0.3, -0.25) is 9.59 Å². The molecular formula is C19H16F4N2O2. The lowest BCUT2D eigenvalue weighted by Crippen LogP contribution is -2.51. The Morgan fingerprint density at radius 3 is 2.04 bits per heavy atom. The van der Waals surface area contributed by atoms with Crippen molar-refractivity contribution in [3.63, 3.8) is 0 Å². The van der Waals surface area contributed by atoms with E-state index >= 15 is 0 Å². The van der Waals surface area contributed by atoms with E-state index in [1.165, 1.54) is 4.90 Å². The molecule has 3 rings (SSSR count). The van der Waals surface area contributed by atoms with Gasteiger partial charge in [-0.2, -0.15) is 0 Å². The van der Waals surface area contributed by atoms with Crippen molar-refractivity contribution < 1.29 is 27.2 Å². The predicted molar refractivity (Wildman–Crippen MR) is 88.9 cm³/mol. The van der Waals surface area contributed by atoms with Crippen LogP contribution in [0.25, 0.3) is 0 Å². The Hall–Kier alpha value is -2.90. The van der Waals surface area contributed by atoms with Crippen LogP contribution in [0.5, 0.6) is 0 Å². The highest BCUT2D eigenvalue weighted by Gasteiger charge is 2.29. The van der Waals surface area contributed by atoms with Gasteiger partial charge in [0, 0.05) is 26.2 Å². The first-order chi connectivity index (χ1) is 12.9. The first-order valence-corrected chi connectivity index (χ1v) is 8.32. The average Bonchev–Trinajstić information content (AvgIpc) is 2.69. The molecule has 1 fully saturated rings. The molecule has 0 unspecified atom stereocenters. The Bertz CT molecular complexity index is 866. The Morgan fingerprint density at radius 1 is 0.815 bits per heavy atom. The molecule has 4 nitrogen and oxygen atoms in total. The number of hydrogen-bond acceptors (Lipinski definition) is 2. The Labute approximate surface area is 153 Å². The minimum absolute atomic E-state index is 0.0828. The van der Waals surface area contributed by atoms with E-state index < -0.39 is 34.7 Å². The van der Waals surface area contributed by atoms with Crippen molar-refractivity contribution in [2.24, 2.45) is 0 Å². The maximum absolute atomic E-state index is 13.8. The molecule has 142 valence electrons. The number of carbonyl (C=O) groups excluding carboxylic acids is 2. The third-order valence-electron chi connectivity index (χ3n) is 4.45. The fourth-order valence-electron chi connectivity index (χ4n) is 2.94. The highest BCUT2D eigenvalue weighted by molar-refractivity contribution is 5.94. The molecular weight excluding hydrogens is 364 g/mol. The Kier molecular flexibility index (Phi) is 5.43. The molecule has 1 saturated heterocycles. The van der Waals surface area contributed by atoms with E-state index in [-0.39, 0.29) is 38.5 Å². The zero-order valence-electron chi connectivity index (χ0n) is 14.2. The summed E-state index contributed by atoms with van der Waals surface area (Å²) in [5.74, 6) is -8.38. The zero-order chi connectivity index (χ0) is 19.6. The summed E-state index contributed by atoms with van der Waals surface area (Å²) in [6, 6.07) is 9.52. The number of rotatable bonds is 3.